The molecule has 3 aromatic rings. The van der Waals surface area contributed by atoms with E-state index < -0.39 is 0 Å². The summed E-state index contributed by atoms with van der Waals surface area (Å²) in [7, 11) is 0. The first-order valence-electron chi connectivity index (χ1n) is 7.35. The molecule has 0 radical (unpaired) electrons. The summed E-state index contributed by atoms with van der Waals surface area (Å²) >= 11 is 0. The van der Waals surface area contributed by atoms with Gasteiger partial charge in [0.15, 0.2) is 5.78 Å². The molecule has 1 aliphatic rings. The van der Waals surface area contributed by atoms with Crippen LogP contribution in [0.25, 0.3) is 11.0 Å². The van der Waals surface area contributed by atoms with Crippen molar-refractivity contribution in [3.05, 3.63) is 59.9 Å². The summed E-state index contributed by atoms with van der Waals surface area (Å²) in [5, 5.41) is 0. The molecule has 2 heterocycles. The van der Waals surface area contributed by atoms with Gasteiger partial charge < -0.3 is 0 Å². The fourth-order valence-corrected chi connectivity index (χ4v) is 2.46. The minimum atomic E-state index is 0.00698. The Labute approximate surface area is 127 Å². The molecular weight excluding hydrogens is 276 g/mol. The second-order valence-corrected chi connectivity index (χ2v) is 5.55. The first kappa shape index (κ1) is 13.0. The van der Waals surface area contributed by atoms with Gasteiger partial charge in [0.05, 0.1) is 11.0 Å². The zero-order valence-corrected chi connectivity index (χ0v) is 11.9. The van der Waals surface area contributed by atoms with Gasteiger partial charge in [0.25, 0.3) is 0 Å². The van der Waals surface area contributed by atoms with E-state index in [1.807, 2.05) is 18.2 Å². The first-order valence-corrected chi connectivity index (χ1v) is 7.35. The molecule has 22 heavy (non-hydrogen) atoms. The van der Waals surface area contributed by atoms with Crippen molar-refractivity contribution < 1.29 is 4.79 Å². The number of carbonyl (C=O) groups excluding carboxylic acids is 1. The molecule has 1 aromatic carbocycles. The Hall–Kier alpha value is -2.69. The topological polar surface area (TPSA) is 68.6 Å². The van der Waals surface area contributed by atoms with E-state index in [-0.39, 0.29) is 5.78 Å². The second kappa shape index (κ2) is 5.26. The Morgan fingerprint density at radius 3 is 2.64 bits per heavy atom. The van der Waals surface area contributed by atoms with Gasteiger partial charge in [0.1, 0.15) is 11.5 Å². The van der Waals surface area contributed by atoms with Crippen molar-refractivity contribution in [2.24, 2.45) is 0 Å². The first-order chi connectivity index (χ1) is 10.8. The average molecular weight is 290 g/mol. The van der Waals surface area contributed by atoms with Crippen molar-refractivity contribution in [1.82, 2.24) is 19.9 Å². The van der Waals surface area contributed by atoms with Gasteiger partial charge in [0.2, 0.25) is 0 Å². The number of rotatable bonds is 4. The zero-order valence-electron chi connectivity index (χ0n) is 11.9. The SMILES string of the molecule is O=C(Cc1ccc2nccnc2c1)c1ccnc(C2CC2)n1. The van der Waals surface area contributed by atoms with Crippen LogP contribution in [0.3, 0.4) is 0 Å². The van der Waals surface area contributed by atoms with Crippen LogP contribution in [-0.2, 0) is 6.42 Å². The lowest BCUT2D eigenvalue weighted by atomic mass is 10.1. The van der Waals surface area contributed by atoms with Crippen LogP contribution in [0, 0.1) is 0 Å². The molecule has 1 saturated carbocycles. The normalized spacial score (nSPS) is 14.2. The third-order valence-electron chi connectivity index (χ3n) is 3.80. The van der Waals surface area contributed by atoms with E-state index in [9.17, 15) is 4.79 Å². The Balaban J connectivity index is 1.58. The largest absolute Gasteiger partial charge is 0.292 e. The molecule has 1 aliphatic carbocycles. The third kappa shape index (κ3) is 2.57. The van der Waals surface area contributed by atoms with Crippen molar-refractivity contribution in [3.8, 4) is 0 Å². The smallest absolute Gasteiger partial charge is 0.185 e. The maximum absolute atomic E-state index is 12.4. The number of benzene rings is 1. The van der Waals surface area contributed by atoms with Crippen molar-refractivity contribution in [1.29, 1.82) is 0 Å². The minimum absolute atomic E-state index is 0.00698. The van der Waals surface area contributed by atoms with Crippen molar-refractivity contribution in [3.63, 3.8) is 0 Å². The van der Waals surface area contributed by atoms with Crippen LogP contribution in [0.4, 0.5) is 0 Å². The lowest BCUT2D eigenvalue weighted by molar-refractivity contribution is 0.0988. The Morgan fingerprint density at radius 1 is 1.00 bits per heavy atom. The highest BCUT2D eigenvalue weighted by Gasteiger charge is 2.27. The summed E-state index contributed by atoms with van der Waals surface area (Å²) in [4.78, 5) is 29.6. The van der Waals surface area contributed by atoms with E-state index in [1.165, 1.54) is 0 Å². The molecule has 108 valence electrons. The average Bonchev–Trinajstić information content (AvgIpc) is 3.40. The van der Waals surface area contributed by atoms with Crippen LogP contribution in [-0.4, -0.2) is 25.7 Å². The van der Waals surface area contributed by atoms with E-state index in [4.69, 9.17) is 0 Å². The molecule has 5 heteroatoms. The maximum Gasteiger partial charge on any atom is 0.185 e. The Kier molecular flexibility index (Phi) is 3.11. The lowest BCUT2D eigenvalue weighted by Crippen LogP contribution is -2.08. The lowest BCUT2D eigenvalue weighted by Gasteiger charge is -2.04. The summed E-state index contributed by atoms with van der Waals surface area (Å²) in [5.74, 6) is 1.26. The van der Waals surface area contributed by atoms with Crippen LogP contribution in [0.1, 0.15) is 40.6 Å². The van der Waals surface area contributed by atoms with Gasteiger partial charge in [0, 0.05) is 30.9 Å². The standard InChI is InChI=1S/C17H14N4O/c22-16(14-5-6-20-17(21-14)12-2-3-12)10-11-1-4-13-15(9-11)19-8-7-18-13/h1,4-9,12H,2-3,10H2. The van der Waals surface area contributed by atoms with Gasteiger partial charge in [-0.3, -0.25) is 14.8 Å². The van der Waals surface area contributed by atoms with Gasteiger partial charge in [-0.25, -0.2) is 9.97 Å². The fourth-order valence-electron chi connectivity index (χ4n) is 2.46. The molecule has 0 spiro atoms. The van der Waals surface area contributed by atoms with Crippen LogP contribution in [0.15, 0.2) is 42.9 Å². The van der Waals surface area contributed by atoms with E-state index in [1.54, 1.807) is 24.7 Å². The predicted molar refractivity (Wildman–Crippen MR) is 81.6 cm³/mol. The minimum Gasteiger partial charge on any atom is -0.292 e. The molecule has 0 N–H and O–H groups in total. The number of fused-ring (bicyclic) bond motifs is 1. The molecule has 1 fully saturated rings. The van der Waals surface area contributed by atoms with Crippen LogP contribution < -0.4 is 0 Å². The summed E-state index contributed by atoms with van der Waals surface area (Å²) in [6.45, 7) is 0. The van der Waals surface area contributed by atoms with Gasteiger partial charge in [-0.15, -0.1) is 0 Å². The Morgan fingerprint density at radius 2 is 1.82 bits per heavy atom. The Bertz CT molecular complexity index is 858. The number of nitrogens with zero attached hydrogens (tertiary/aromatic N) is 4. The molecule has 0 saturated heterocycles. The van der Waals surface area contributed by atoms with Crippen LogP contribution >= 0.6 is 0 Å². The zero-order chi connectivity index (χ0) is 14.9. The third-order valence-corrected chi connectivity index (χ3v) is 3.80. The summed E-state index contributed by atoms with van der Waals surface area (Å²) in [5.41, 5.74) is 3.05. The summed E-state index contributed by atoms with van der Waals surface area (Å²) < 4.78 is 0. The van der Waals surface area contributed by atoms with E-state index in [2.05, 4.69) is 19.9 Å². The molecule has 4 rings (SSSR count). The van der Waals surface area contributed by atoms with Crippen molar-refractivity contribution >= 4 is 16.8 Å². The van der Waals surface area contributed by atoms with Crippen LogP contribution in [0.2, 0.25) is 0 Å². The molecule has 0 amide bonds. The second-order valence-electron chi connectivity index (χ2n) is 5.55. The summed E-state index contributed by atoms with van der Waals surface area (Å²) in [6, 6.07) is 7.40. The van der Waals surface area contributed by atoms with Crippen molar-refractivity contribution in [2.75, 3.05) is 0 Å². The van der Waals surface area contributed by atoms with Gasteiger partial charge in [-0.1, -0.05) is 6.07 Å². The highest BCUT2D eigenvalue weighted by Crippen LogP contribution is 2.37. The number of Topliss-reactive ketones (excluding diaryl/α,β-unsaturated/α-hetero) is 1. The molecule has 0 atom stereocenters. The fraction of sp³-hybridized carbons (Fsp3) is 0.235. The predicted octanol–water partition coefficient (Wildman–Crippen LogP) is 2.72. The highest BCUT2D eigenvalue weighted by molar-refractivity contribution is 5.96. The monoisotopic (exact) mass is 290 g/mol. The molecule has 2 aromatic heterocycles. The number of aromatic nitrogens is 4. The number of ketones is 1. The molecule has 0 aliphatic heterocycles. The summed E-state index contributed by atoms with van der Waals surface area (Å²) in [6.07, 6.45) is 7.56. The van der Waals surface area contributed by atoms with Gasteiger partial charge >= 0.3 is 0 Å². The number of hydrogen-bond acceptors (Lipinski definition) is 5. The van der Waals surface area contributed by atoms with Gasteiger partial charge in [-0.2, -0.15) is 0 Å². The number of hydrogen-bond donors (Lipinski definition) is 0. The molecule has 5 nitrogen and oxygen atoms in total. The molecular formula is C17H14N4O. The van der Waals surface area contributed by atoms with E-state index in [0.717, 1.165) is 35.3 Å². The van der Waals surface area contributed by atoms with Gasteiger partial charge in [-0.05, 0) is 36.6 Å². The van der Waals surface area contributed by atoms with Crippen molar-refractivity contribution in [2.45, 2.75) is 25.2 Å². The van der Waals surface area contributed by atoms with E-state index in [0.29, 0.717) is 18.0 Å². The highest BCUT2D eigenvalue weighted by atomic mass is 16.1. The van der Waals surface area contributed by atoms with Crippen LogP contribution in [0.5, 0.6) is 0 Å². The number of carbonyl (C=O) groups is 1. The molecule has 0 unspecified atom stereocenters. The van der Waals surface area contributed by atoms with E-state index >= 15 is 0 Å². The maximum atomic E-state index is 12.4. The molecule has 0 bridgehead atoms. The quantitative estimate of drug-likeness (QED) is 0.691.